The van der Waals surface area contributed by atoms with Gasteiger partial charge in [0.25, 0.3) is 0 Å². The summed E-state index contributed by atoms with van der Waals surface area (Å²) in [5, 5.41) is 13.6. The van der Waals surface area contributed by atoms with Crippen LogP contribution in [0.15, 0.2) is 0 Å². The minimum absolute atomic E-state index is 0.312. The molecule has 20 heavy (non-hydrogen) atoms. The van der Waals surface area contributed by atoms with Crippen molar-refractivity contribution in [2.75, 3.05) is 26.3 Å². The Morgan fingerprint density at radius 3 is 2.45 bits per heavy atom. The molecular weight excluding hydrogens is 268 g/mol. The van der Waals surface area contributed by atoms with Gasteiger partial charge in [-0.2, -0.15) is 0 Å². The van der Waals surface area contributed by atoms with Crippen LogP contribution in [0, 0.1) is 0 Å². The molecule has 9 heteroatoms. The third-order valence-corrected chi connectivity index (χ3v) is 2.73. The Kier molecular flexibility index (Phi) is 6.19. The summed E-state index contributed by atoms with van der Waals surface area (Å²) in [7, 11) is 0. The second kappa shape index (κ2) is 7.65. The summed E-state index contributed by atoms with van der Waals surface area (Å²) in [5.74, 6) is -1.78. The summed E-state index contributed by atoms with van der Waals surface area (Å²) in [5.41, 5.74) is 5.41. The van der Waals surface area contributed by atoms with E-state index in [0.29, 0.717) is 26.3 Å². The maximum atomic E-state index is 11.8. The monoisotopic (exact) mass is 288 g/mol. The average molecular weight is 288 g/mol. The van der Waals surface area contributed by atoms with E-state index in [1.807, 2.05) is 0 Å². The summed E-state index contributed by atoms with van der Waals surface area (Å²) in [6.07, 6.45) is -1.10. The van der Waals surface area contributed by atoms with Crippen LogP contribution in [0.4, 0.5) is 4.79 Å². The minimum Gasteiger partial charge on any atom is -0.481 e. The highest BCUT2D eigenvalue weighted by Gasteiger charge is 2.21. The summed E-state index contributed by atoms with van der Waals surface area (Å²) >= 11 is 0. The number of carboxylic acids is 1. The predicted octanol–water partition coefficient (Wildman–Crippen LogP) is -1.71. The van der Waals surface area contributed by atoms with Crippen molar-refractivity contribution in [3.8, 4) is 0 Å². The van der Waals surface area contributed by atoms with Gasteiger partial charge in [-0.1, -0.05) is 0 Å². The van der Waals surface area contributed by atoms with Gasteiger partial charge in [-0.25, -0.2) is 4.79 Å². The fourth-order valence-electron chi connectivity index (χ4n) is 1.68. The third-order valence-electron chi connectivity index (χ3n) is 2.73. The second-order valence-electron chi connectivity index (χ2n) is 4.48. The molecule has 5 N–H and O–H groups in total. The second-order valence-corrected chi connectivity index (χ2v) is 4.48. The zero-order valence-corrected chi connectivity index (χ0v) is 11.3. The molecule has 0 spiro atoms. The lowest BCUT2D eigenvalue weighted by Gasteiger charge is -2.28. The zero-order chi connectivity index (χ0) is 15.1. The number of ether oxygens (including phenoxy) is 1. The lowest BCUT2D eigenvalue weighted by Crippen LogP contribution is -2.55. The van der Waals surface area contributed by atoms with Crippen molar-refractivity contribution in [1.29, 1.82) is 0 Å². The van der Waals surface area contributed by atoms with Gasteiger partial charge in [0.05, 0.1) is 31.8 Å². The largest absolute Gasteiger partial charge is 0.481 e. The van der Waals surface area contributed by atoms with Gasteiger partial charge in [0, 0.05) is 13.1 Å². The Morgan fingerprint density at radius 1 is 1.30 bits per heavy atom. The highest BCUT2D eigenvalue weighted by Crippen LogP contribution is 1.97. The number of carbonyl (C=O) groups is 3. The van der Waals surface area contributed by atoms with Crippen molar-refractivity contribution in [2.45, 2.75) is 25.6 Å². The number of carboxylic acid groups (broad SMARTS) is 1. The molecule has 2 atom stereocenters. The highest BCUT2D eigenvalue weighted by atomic mass is 16.5. The quantitative estimate of drug-likeness (QED) is 0.445. The number of rotatable bonds is 5. The molecule has 1 fully saturated rings. The topological polar surface area (TPSA) is 134 Å². The Morgan fingerprint density at radius 2 is 1.90 bits per heavy atom. The van der Waals surface area contributed by atoms with Crippen LogP contribution < -0.4 is 16.4 Å². The van der Waals surface area contributed by atoms with Crippen LogP contribution in [0.3, 0.4) is 0 Å². The first kappa shape index (κ1) is 16.2. The normalized spacial score (nSPS) is 18.0. The maximum Gasteiger partial charge on any atom is 0.319 e. The number of hydrogen-bond donors (Lipinski definition) is 4. The van der Waals surface area contributed by atoms with E-state index in [-0.39, 0.29) is 6.03 Å². The number of aliphatic carboxylic acids is 1. The number of urea groups is 1. The van der Waals surface area contributed by atoms with E-state index in [9.17, 15) is 14.4 Å². The molecule has 0 aliphatic carbocycles. The van der Waals surface area contributed by atoms with Crippen LogP contribution in [-0.2, 0) is 14.3 Å². The molecule has 1 heterocycles. The lowest BCUT2D eigenvalue weighted by atomic mass is 10.2. The van der Waals surface area contributed by atoms with Crippen molar-refractivity contribution in [1.82, 2.24) is 15.5 Å². The molecule has 0 saturated carbocycles. The van der Waals surface area contributed by atoms with Crippen LogP contribution >= 0.6 is 0 Å². The van der Waals surface area contributed by atoms with E-state index >= 15 is 0 Å². The fraction of sp³-hybridized carbons (Fsp3) is 0.727. The van der Waals surface area contributed by atoms with Crippen LogP contribution in [0.25, 0.3) is 0 Å². The molecule has 0 aromatic rings. The fourth-order valence-corrected chi connectivity index (χ4v) is 1.68. The van der Waals surface area contributed by atoms with Gasteiger partial charge in [-0.15, -0.1) is 0 Å². The molecule has 9 nitrogen and oxygen atoms in total. The van der Waals surface area contributed by atoms with Crippen molar-refractivity contribution in [3.63, 3.8) is 0 Å². The van der Waals surface area contributed by atoms with Gasteiger partial charge in [0.1, 0.15) is 0 Å². The minimum atomic E-state index is -1.15. The molecular formula is C11H20N4O5. The van der Waals surface area contributed by atoms with Gasteiger partial charge in [-0.05, 0) is 6.92 Å². The van der Waals surface area contributed by atoms with Gasteiger partial charge >= 0.3 is 12.0 Å². The lowest BCUT2D eigenvalue weighted by molar-refractivity contribution is -0.139. The Balaban J connectivity index is 2.34. The molecule has 0 bridgehead atoms. The Hall–Kier alpha value is -1.87. The Labute approximate surface area is 116 Å². The standard InChI is InChI=1S/C11H20N4O5/c1-7(13-10(18)8(12)6-9(16)17)14-11(19)15-2-4-20-5-3-15/h7-8H,2-6,12H2,1H3,(H,13,18)(H,14,19)(H,16,17). The Bertz CT molecular complexity index is 370. The molecule has 1 rings (SSSR count). The smallest absolute Gasteiger partial charge is 0.319 e. The first-order valence-electron chi connectivity index (χ1n) is 6.31. The van der Waals surface area contributed by atoms with Crippen molar-refractivity contribution in [3.05, 3.63) is 0 Å². The molecule has 3 amide bonds. The zero-order valence-electron chi connectivity index (χ0n) is 11.3. The van der Waals surface area contributed by atoms with E-state index in [1.165, 1.54) is 0 Å². The summed E-state index contributed by atoms with van der Waals surface area (Å²) in [6.45, 7) is 3.52. The maximum absolute atomic E-state index is 11.8. The molecule has 1 aliphatic rings. The van der Waals surface area contributed by atoms with E-state index in [1.54, 1.807) is 11.8 Å². The van der Waals surface area contributed by atoms with E-state index < -0.39 is 30.5 Å². The van der Waals surface area contributed by atoms with Crippen molar-refractivity contribution >= 4 is 17.9 Å². The number of nitrogens with one attached hydrogen (secondary N) is 2. The van der Waals surface area contributed by atoms with Crippen LogP contribution in [-0.4, -0.2) is 66.4 Å². The first-order chi connectivity index (χ1) is 9.40. The summed E-state index contributed by atoms with van der Waals surface area (Å²) in [6, 6.07) is -1.46. The molecule has 1 aliphatic heterocycles. The van der Waals surface area contributed by atoms with E-state index in [2.05, 4.69) is 10.6 Å². The number of amides is 3. The molecule has 0 aromatic heterocycles. The summed E-state index contributed by atoms with van der Waals surface area (Å²) < 4.78 is 5.12. The van der Waals surface area contributed by atoms with Gasteiger partial charge in [-0.3, -0.25) is 9.59 Å². The third kappa shape index (κ3) is 5.41. The van der Waals surface area contributed by atoms with Crippen molar-refractivity contribution in [2.24, 2.45) is 5.73 Å². The number of morpholine rings is 1. The van der Waals surface area contributed by atoms with Crippen molar-refractivity contribution < 1.29 is 24.2 Å². The molecule has 2 unspecified atom stereocenters. The first-order valence-corrected chi connectivity index (χ1v) is 6.31. The van der Waals surface area contributed by atoms with Gasteiger partial charge < -0.3 is 31.1 Å². The molecule has 0 radical (unpaired) electrons. The van der Waals surface area contributed by atoms with Crippen LogP contribution in [0.1, 0.15) is 13.3 Å². The van der Waals surface area contributed by atoms with Gasteiger partial charge in [0.15, 0.2) is 0 Å². The van der Waals surface area contributed by atoms with E-state index in [4.69, 9.17) is 15.6 Å². The number of nitrogens with two attached hydrogens (primary N) is 1. The number of nitrogens with zero attached hydrogens (tertiary/aromatic N) is 1. The van der Waals surface area contributed by atoms with Crippen LogP contribution in [0.2, 0.25) is 0 Å². The van der Waals surface area contributed by atoms with Crippen LogP contribution in [0.5, 0.6) is 0 Å². The predicted molar refractivity (Wildman–Crippen MR) is 68.8 cm³/mol. The number of hydrogen-bond acceptors (Lipinski definition) is 5. The SMILES string of the molecule is CC(NC(=O)C(N)CC(=O)O)NC(=O)N1CCOCC1. The molecule has 1 saturated heterocycles. The molecule has 114 valence electrons. The summed E-state index contributed by atoms with van der Waals surface area (Å²) in [4.78, 5) is 35.4. The van der Waals surface area contributed by atoms with E-state index in [0.717, 1.165) is 0 Å². The van der Waals surface area contributed by atoms with Gasteiger partial charge in [0.2, 0.25) is 5.91 Å². The molecule has 0 aromatic carbocycles. The number of carbonyl (C=O) groups excluding carboxylic acids is 2. The average Bonchev–Trinajstić information content (AvgIpc) is 2.38. The highest BCUT2D eigenvalue weighted by molar-refractivity contribution is 5.86.